The first-order valence-corrected chi connectivity index (χ1v) is 9.54. The highest BCUT2D eigenvalue weighted by Crippen LogP contribution is 2.32. The van der Waals surface area contributed by atoms with Crippen LogP contribution in [0.5, 0.6) is 0 Å². The van der Waals surface area contributed by atoms with Crippen LogP contribution >= 0.6 is 11.3 Å². The molecule has 0 spiro atoms. The summed E-state index contributed by atoms with van der Waals surface area (Å²) in [5.74, 6) is 0.574. The summed E-state index contributed by atoms with van der Waals surface area (Å²) in [6, 6.07) is 9.51. The molecule has 1 aromatic carbocycles. The zero-order valence-electron chi connectivity index (χ0n) is 14.9. The summed E-state index contributed by atoms with van der Waals surface area (Å²) in [4.78, 5) is 26.0. The first kappa shape index (κ1) is 17.7. The van der Waals surface area contributed by atoms with Crippen molar-refractivity contribution in [1.29, 1.82) is 0 Å². The third-order valence-corrected chi connectivity index (χ3v) is 5.84. The SMILES string of the molecule is CC(=O)Nc1cccc(C(C)NC(=O)c2cc3c(s2)CCC(C)C3)c1. The van der Waals surface area contributed by atoms with Gasteiger partial charge in [-0.1, -0.05) is 19.1 Å². The van der Waals surface area contributed by atoms with Crippen molar-refractivity contribution in [2.75, 3.05) is 5.32 Å². The smallest absolute Gasteiger partial charge is 0.261 e. The molecule has 0 bridgehead atoms. The minimum Gasteiger partial charge on any atom is -0.345 e. The van der Waals surface area contributed by atoms with E-state index in [-0.39, 0.29) is 17.9 Å². The maximum absolute atomic E-state index is 12.6. The summed E-state index contributed by atoms with van der Waals surface area (Å²) < 4.78 is 0. The second-order valence-electron chi connectivity index (χ2n) is 6.91. The fourth-order valence-corrected chi connectivity index (χ4v) is 4.37. The molecule has 0 radical (unpaired) electrons. The van der Waals surface area contributed by atoms with Crippen LogP contribution in [0.3, 0.4) is 0 Å². The van der Waals surface area contributed by atoms with E-state index >= 15 is 0 Å². The monoisotopic (exact) mass is 356 g/mol. The van der Waals surface area contributed by atoms with E-state index in [1.54, 1.807) is 11.3 Å². The minimum atomic E-state index is -0.126. The van der Waals surface area contributed by atoms with Crippen molar-refractivity contribution in [1.82, 2.24) is 5.32 Å². The van der Waals surface area contributed by atoms with E-state index in [0.29, 0.717) is 5.92 Å². The van der Waals surface area contributed by atoms with Crippen molar-refractivity contribution in [3.63, 3.8) is 0 Å². The molecule has 0 saturated carbocycles. The predicted molar refractivity (Wildman–Crippen MR) is 102 cm³/mol. The van der Waals surface area contributed by atoms with E-state index in [2.05, 4.69) is 23.6 Å². The number of aryl methyl sites for hydroxylation is 1. The molecule has 2 aromatic rings. The van der Waals surface area contributed by atoms with Crippen LogP contribution < -0.4 is 10.6 Å². The Morgan fingerprint density at radius 3 is 2.84 bits per heavy atom. The molecule has 0 saturated heterocycles. The van der Waals surface area contributed by atoms with Crippen molar-refractivity contribution in [3.05, 3.63) is 51.2 Å². The Balaban J connectivity index is 1.69. The molecule has 0 aliphatic heterocycles. The normalized spacial score (nSPS) is 17.5. The number of rotatable bonds is 4. The second-order valence-corrected chi connectivity index (χ2v) is 8.05. The number of hydrogen-bond acceptors (Lipinski definition) is 3. The Morgan fingerprint density at radius 1 is 1.28 bits per heavy atom. The summed E-state index contributed by atoms with van der Waals surface area (Å²) >= 11 is 1.63. The third kappa shape index (κ3) is 4.28. The van der Waals surface area contributed by atoms with E-state index in [0.717, 1.165) is 29.0 Å². The van der Waals surface area contributed by atoms with Gasteiger partial charge in [-0.05, 0) is 61.4 Å². The Hall–Kier alpha value is -2.14. The maximum atomic E-state index is 12.6. The van der Waals surface area contributed by atoms with Crippen LogP contribution in [0.15, 0.2) is 30.3 Å². The largest absolute Gasteiger partial charge is 0.345 e. The molecule has 0 fully saturated rings. The molecule has 1 aromatic heterocycles. The summed E-state index contributed by atoms with van der Waals surface area (Å²) in [7, 11) is 0. The standard InChI is InChI=1S/C20H24N2O2S/c1-12-7-8-18-16(9-12)11-19(25-18)20(24)21-13(2)15-5-4-6-17(10-15)22-14(3)23/h4-6,10-13H,7-9H2,1-3H3,(H,21,24)(H,22,23). The van der Waals surface area contributed by atoms with Crippen LogP contribution in [-0.4, -0.2) is 11.8 Å². The van der Waals surface area contributed by atoms with Gasteiger partial charge in [0.2, 0.25) is 5.91 Å². The van der Waals surface area contributed by atoms with E-state index in [1.807, 2.05) is 31.2 Å². The van der Waals surface area contributed by atoms with Crippen molar-refractivity contribution in [3.8, 4) is 0 Å². The molecule has 1 aliphatic carbocycles. The number of hydrogen-bond donors (Lipinski definition) is 2. The molecule has 5 heteroatoms. The van der Waals surface area contributed by atoms with E-state index in [4.69, 9.17) is 0 Å². The lowest BCUT2D eigenvalue weighted by molar-refractivity contribution is -0.114. The lowest BCUT2D eigenvalue weighted by Crippen LogP contribution is -2.26. The molecular weight excluding hydrogens is 332 g/mol. The zero-order valence-corrected chi connectivity index (χ0v) is 15.7. The molecule has 25 heavy (non-hydrogen) atoms. The Bertz CT molecular complexity index is 797. The first-order chi connectivity index (χ1) is 11.9. The van der Waals surface area contributed by atoms with Gasteiger partial charge in [0.1, 0.15) is 0 Å². The number of anilines is 1. The molecule has 2 unspecified atom stereocenters. The fraction of sp³-hybridized carbons (Fsp3) is 0.400. The Morgan fingerprint density at radius 2 is 2.08 bits per heavy atom. The number of benzene rings is 1. The van der Waals surface area contributed by atoms with Gasteiger partial charge in [0, 0.05) is 17.5 Å². The lowest BCUT2D eigenvalue weighted by Gasteiger charge is -2.16. The highest BCUT2D eigenvalue weighted by atomic mass is 32.1. The van der Waals surface area contributed by atoms with E-state index in [9.17, 15) is 9.59 Å². The number of amides is 2. The van der Waals surface area contributed by atoms with Crippen LogP contribution in [0, 0.1) is 5.92 Å². The van der Waals surface area contributed by atoms with E-state index in [1.165, 1.54) is 23.8 Å². The van der Waals surface area contributed by atoms with Gasteiger partial charge in [-0.15, -0.1) is 11.3 Å². The van der Waals surface area contributed by atoms with Crippen molar-refractivity contribution < 1.29 is 9.59 Å². The Labute approximate surface area is 152 Å². The van der Waals surface area contributed by atoms with Gasteiger partial charge >= 0.3 is 0 Å². The molecule has 2 amide bonds. The number of nitrogens with one attached hydrogen (secondary N) is 2. The number of fused-ring (bicyclic) bond motifs is 1. The van der Waals surface area contributed by atoms with E-state index < -0.39 is 0 Å². The molecule has 132 valence electrons. The van der Waals surface area contributed by atoms with Gasteiger partial charge in [0.05, 0.1) is 10.9 Å². The summed E-state index contributed by atoms with van der Waals surface area (Å²) in [6.45, 7) is 5.71. The molecule has 1 aliphatic rings. The quantitative estimate of drug-likeness (QED) is 0.857. The zero-order chi connectivity index (χ0) is 18.0. The van der Waals surface area contributed by atoms with Gasteiger partial charge in [-0.2, -0.15) is 0 Å². The molecule has 1 heterocycles. The summed E-state index contributed by atoms with van der Waals surface area (Å²) in [6.07, 6.45) is 3.37. The molecule has 2 N–H and O–H groups in total. The van der Waals surface area contributed by atoms with Gasteiger partial charge in [0.25, 0.3) is 5.91 Å². The van der Waals surface area contributed by atoms with Gasteiger partial charge < -0.3 is 10.6 Å². The number of carbonyl (C=O) groups excluding carboxylic acids is 2. The van der Waals surface area contributed by atoms with Gasteiger partial charge in [0.15, 0.2) is 0 Å². The maximum Gasteiger partial charge on any atom is 0.261 e. The Kier molecular flexibility index (Phi) is 5.23. The molecule has 4 nitrogen and oxygen atoms in total. The number of thiophene rings is 1. The predicted octanol–water partition coefficient (Wildman–Crippen LogP) is 4.32. The molecule has 3 rings (SSSR count). The fourth-order valence-electron chi connectivity index (χ4n) is 3.26. The van der Waals surface area contributed by atoms with Crippen LogP contribution in [0.2, 0.25) is 0 Å². The highest BCUT2D eigenvalue weighted by Gasteiger charge is 2.21. The van der Waals surface area contributed by atoms with Crippen LogP contribution in [-0.2, 0) is 17.6 Å². The number of carbonyl (C=O) groups is 2. The molecular formula is C20H24N2O2S. The van der Waals surface area contributed by atoms with Crippen molar-refractivity contribution in [2.45, 2.75) is 46.1 Å². The van der Waals surface area contributed by atoms with Crippen molar-refractivity contribution >= 4 is 28.8 Å². The molecule has 2 atom stereocenters. The summed E-state index contributed by atoms with van der Waals surface area (Å²) in [5, 5.41) is 5.84. The average Bonchev–Trinajstić information content (AvgIpc) is 2.97. The van der Waals surface area contributed by atoms with Crippen molar-refractivity contribution in [2.24, 2.45) is 5.92 Å². The summed E-state index contributed by atoms with van der Waals surface area (Å²) in [5.41, 5.74) is 3.05. The van der Waals surface area contributed by atoms with Crippen LogP contribution in [0.1, 0.15) is 58.9 Å². The third-order valence-electron chi connectivity index (χ3n) is 4.61. The van der Waals surface area contributed by atoms with Gasteiger partial charge in [-0.3, -0.25) is 9.59 Å². The topological polar surface area (TPSA) is 58.2 Å². The van der Waals surface area contributed by atoms with Crippen LogP contribution in [0.25, 0.3) is 0 Å². The minimum absolute atomic E-state index is 0.0236. The van der Waals surface area contributed by atoms with Crippen LogP contribution in [0.4, 0.5) is 5.69 Å². The first-order valence-electron chi connectivity index (χ1n) is 8.72. The average molecular weight is 356 g/mol. The highest BCUT2D eigenvalue weighted by molar-refractivity contribution is 7.14. The van der Waals surface area contributed by atoms with Gasteiger partial charge in [-0.25, -0.2) is 0 Å². The lowest BCUT2D eigenvalue weighted by atomic mass is 9.90. The second kappa shape index (κ2) is 7.40.